The molecular weight excluding hydrogens is 204 g/mol. The lowest BCUT2D eigenvalue weighted by molar-refractivity contribution is 0.0643. The van der Waals surface area contributed by atoms with Crippen LogP contribution < -0.4 is 0 Å². The van der Waals surface area contributed by atoms with Crippen LogP contribution in [0.1, 0.15) is 34.3 Å². The average molecular weight is 218 g/mol. The van der Waals surface area contributed by atoms with E-state index in [4.69, 9.17) is 9.47 Å². The van der Waals surface area contributed by atoms with Crippen LogP contribution in [0.3, 0.4) is 0 Å². The average Bonchev–Trinajstić information content (AvgIpc) is 2.98. The van der Waals surface area contributed by atoms with E-state index in [-0.39, 0.29) is 11.9 Å². The molecule has 16 heavy (non-hydrogen) atoms. The van der Waals surface area contributed by atoms with Crippen LogP contribution in [0.25, 0.3) is 0 Å². The highest BCUT2D eigenvalue weighted by Gasteiger charge is 2.25. The summed E-state index contributed by atoms with van der Waals surface area (Å²) >= 11 is 0. The van der Waals surface area contributed by atoms with Crippen molar-refractivity contribution in [2.45, 2.75) is 32.2 Å². The molecule has 0 amide bonds. The largest absolute Gasteiger partial charge is 0.372 e. The van der Waals surface area contributed by atoms with Gasteiger partial charge in [-0.1, -0.05) is 12.1 Å². The van der Waals surface area contributed by atoms with E-state index in [2.05, 4.69) is 0 Å². The third-order valence-corrected chi connectivity index (χ3v) is 3.23. The number of fused-ring (bicyclic) bond motifs is 1. The number of ether oxygens (including phenoxy) is 2. The maximum Gasteiger partial charge on any atom is 0.191 e. The quantitative estimate of drug-likeness (QED) is 0.713. The molecule has 0 saturated carbocycles. The number of carbonyl (C=O) groups is 1. The van der Waals surface area contributed by atoms with Crippen LogP contribution >= 0.6 is 0 Å². The molecule has 0 aromatic heterocycles. The topological polar surface area (TPSA) is 35.5 Å². The van der Waals surface area contributed by atoms with Crippen LogP contribution in [0.5, 0.6) is 0 Å². The van der Waals surface area contributed by atoms with E-state index in [1.54, 1.807) is 0 Å². The van der Waals surface area contributed by atoms with E-state index in [0.29, 0.717) is 19.8 Å². The van der Waals surface area contributed by atoms with E-state index >= 15 is 0 Å². The molecule has 2 aliphatic heterocycles. The molecule has 1 saturated heterocycles. The predicted molar refractivity (Wildman–Crippen MR) is 58.2 cm³/mol. The number of hydrogen-bond acceptors (Lipinski definition) is 3. The summed E-state index contributed by atoms with van der Waals surface area (Å²) in [7, 11) is 0. The van der Waals surface area contributed by atoms with Crippen LogP contribution in [-0.4, -0.2) is 18.5 Å². The molecule has 0 N–H and O–H groups in total. The van der Waals surface area contributed by atoms with Crippen molar-refractivity contribution in [2.75, 3.05) is 6.61 Å². The predicted octanol–water partition coefficient (Wildman–Crippen LogP) is 2.08. The zero-order valence-corrected chi connectivity index (χ0v) is 9.07. The van der Waals surface area contributed by atoms with Gasteiger partial charge >= 0.3 is 0 Å². The molecule has 0 aliphatic carbocycles. The van der Waals surface area contributed by atoms with Crippen LogP contribution in [-0.2, 0) is 22.7 Å². The molecule has 3 rings (SSSR count). The summed E-state index contributed by atoms with van der Waals surface area (Å²) in [6.07, 6.45) is 1.62. The molecule has 84 valence electrons. The van der Waals surface area contributed by atoms with E-state index in [1.807, 2.05) is 18.2 Å². The first-order valence-corrected chi connectivity index (χ1v) is 5.70. The zero-order valence-electron chi connectivity index (χ0n) is 9.07. The Morgan fingerprint density at radius 1 is 1.25 bits per heavy atom. The van der Waals surface area contributed by atoms with Crippen molar-refractivity contribution < 1.29 is 14.3 Å². The highest BCUT2D eigenvalue weighted by atomic mass is 16.5. The van der Waals surface area contributed by atoms with Gasteiger partial charge in [-0.05, 0) is 30.0 Å². The van der Waals surface area contributed by atoms with E-state index in [0.717, 1.165) is 24.0 Å². The Morgan fingerprint density at radius 2 is 2.12 bits per heavy atom. The number of Topliss-reactive ketones (excluding diaryl/α,β-unsaturated/α-hetero) is 1. The molecular formula is C13H14O3. The van der Waals surface area contributed by atoms with Crippen molar-refractivity contribution in [3.05, 3.63) is 34.9 Å². The van der Waals surface area contributed by atoms with Crippen LogP contribution in [0, 0.1) is 0 Å². The van der Waals surface area contributed by atoms with Crippen LogP contribution in [0.4, 0.5) is 0 Å². The minimum Gasteiger partial charge on any atom is -0.372 e. The molecule has 3 nitrogen and oxygen atoms in total. The molecule has 1 aromatic rings. The van der Waals surface area contributed by atoms with Gasteiger partial charge in [0, 0.05) is 12.2 Å². The Bertz CT molecular complexity index is 419. The second-order valence-corrected chi connectivity index (χ2v) is 4.34. The summed E-state index contributed by atoms with van der Waals surface area (Å²) in [6, 6.07) is 5.83. The molecule has 3 heteroatoms. The molecule has 0 bridgehead atoms. The monoisotopic (exact) mass is 218 g/mol. The van der Waals surface area contributed by atoms with Crippen molar-refractivity contribution in [3.63, 3.8) is 0 Å². The Balaban J connectivity index is 1.86. The molecule has 2 aliphatic rings. The summed E-state index contributed by atoms with van der Waals surface area (Å²) in [5.41, 5.74) is 3.10. The van der Waals surface area contributed by atoms with Gasteiger partial charge in [0.25, 0.3) is 0 Å². The Morgan fingerprint density at radius 3 is 2.94 bits per heavy atom. The second kappa shape index (κ2) is 4.00. The normalized spacial score (nSPS) is 23.4. The molecule has 1 fully saturated rings. The highest BCUT2D eigenvalue weighted by Crippen LogP contribution is 2.23. The van der Waals surface area contributed by atoms with Gasteiger partial charge < -0.3 is 9.47 Å². The first-order chi connectivity index (χ1) is 7.84. The van der Waals surface area contributed by atoms with Gasteiger partial charge in [0.15, 0.2) is 5.78 Å². The highest BCUT2D eigenvalue weighted by molar-refractivity contribution is 5.99. The smallest absolute Gasteiger partial charge is 0.191 e. The van der Waals surface area contributed by atoms with Crippen molar-refractivity contribution in [3.8, 4) is 0 Å². The first-order valence-electron chi connectivity index (χ1n) is 5.70. The SMILES string of the molecule is O=C(c1ccc2c(c1)COC2)C1CCCO1. The van der Waals surface area contributed by atoms with Crippen molar-refractivity contribution in [1.29, 1.82) is 0 Å². The third-order valence-electron chi connectivity index (χ3n) is 3.23. The van der Waals surface area contributed by atoms with Crippen LogP contribution in [0.2, 0.25) is 0 Å². The number of benzene rings is 1. The summed E-state index contributed by atoms with van der Waals surface area (Å²) < 4.78 is 10.7. The van der Waals surface area contributed by atoms with Crippen molar-refractivity contribution >= 4 is 5.78 Å². The van der Waals surface area contributed by atoms with Gasteiger partial charge in [0.1, 0.15) is 6.10 Å². The lowest BCUT2D eigenvalue weighted by Crippen LogP contribution is -2.19. The Kier molecular flexibility index (Phi) is 2.50. The van der Waals surface area contributed by atoms with E-state index in [9.17, 15) is 4.79 Å². The summed E-state index contributed by atoms with van der Waals surface area (Å²) in [6.45, 7) is 2.01. The minimum atomic E-state index is -0.222. The summed E-state index contributed by atoms with van der Waals surface area (Å²) in [5, 5.41) is 0. The maximum atomic E-state index is 12.1. The second-order valence-electron chi connectivity index (χ2n) is 4.34. The first kappa shape index (κ1) is 10.00. The van der Waals surface area contributed by atoms with Crippen molar-refractivity contribution in [2.24, 2.45) is 0 Å². The Labute approximate surface area is 94.4 Å². The van der Waals surface area contributed by atoms with Crippen molar-refractivity contribution in [1.82, 2.24) is 0 Å². The lowest BCUT2D eigenvalue weighted by atomic mass is 10.00. The van der Waals surface area contributed by atoms with Gasteiger partial charge in [0.2, 0.25) is 0 Å². The molecule has 2 heterocycles. The van der Waals surface area contributed by atoms with Gasteiger partial charge in [-0.3, -0.25) is 4.79 Å². The zero-order chi connectivity index (χ0) is 11.0. The Hall–Kier alpha value is -1.19. The molecule has 1 aromatic carbocycles. The molecule has 1 unspecified atom stereocenters. The standard InChI is InChI=1S/C13H14O3/c14-13(12-2-1-5-16-12)9-3-4-10-7-15-8-11(10)6-9/h3-4,6,12H,1-2,5,7-8H2. The van der Waals surface area contributed by atoms with Gasteiger partial charge in [-0.15, -0.1) is 0 Å². The minimum absolute atomic E-state index is 0.118. The third kappa shape index (κ3) is 1.66. The molecule has 1 atom stereocenters. The number of rotatable bonds is 2. The van der Waals surface area contributed by atoms with Gasteiger partial charge in [0.05, 0.1) is 13.2 Å². The maximum absolute atomic E-state index is 12.1. The van der Waals surface area contributed by atoms with Gasteiger partial charge in [-0.2, -0.15) is 0 Å². The summed E-state index contributed by atoms with van der Waals surface area (Å²) in [4.78, 5) is 12.1. The van der Waals surface area contributed by atoms with Crippen LogP contribution in [0.15, 0.2) is 18.2 Å². The number of ketones is 1. The fourth-order valence-electron chi connectivity index (χ4n) is 2.30. The number of carbonyl (C=O) groups excluding carboxylic acids is 1. The summed E-state index contributed by atoms with van der Waals surface area (Å²) in [5.74, 6) is 0.118. The molecule has 0 spiro atoms. The fourth-order valence-corrected chi connectivity index (χ4v) is 2.30. The fraction of sp³-hybridized carbons (Fsp3) is 0.462. The van der Waals surface area contributed by atoms with Gasteiger partial charge in [-0.25, -0.2) is 0 Å². The van der Waals surface area contributed by atoms with E-state index < -0.39 is 0 Å². The van der Waals surface area contributed by atoms with E-state index in [1.165, 1.54) is 5.56 Å². The number of hydrogen-bond donors (Lipinski definition) is 0. The molecule has 0 radical (unpaired) electrons. The lowest BCUT2D eigenvalue weighted by Gasteiger charge is -2.08.